The first-order chi connectivity index (χ1) is 8.90. The first kappa shape index (κ1) is 15.2. The first-order valence-corrected chi connectivity index (χ1v) is 6.20. The van der Waals surface area contributed by atoms with Crippen LogP contribution in [0.1, 0.15) is 19.4 Å². The van der Waals surface area contributed by atoms with Crippen LogP contribution in [0.5, 0.6) is 0 Å². The Hall–Kier alpha value is -1.88. The molecular weight excluding hydrogens is 242 g/mol. The molecule has 0 aliphatic heterocycles. The quantitative estimate of drug-likeness (QED) is 0.738. The molecule has 5 heteroatoms. The van der Waals surface area contributed by atoms with Gasteiger partial charge in [0.05, 0.1) is 11.8 Å². The van der Waals surface area contributed by atoms with Crippen LogP contribution >= 0.6 is 0 Å². The number of anilines is 1. The van der Waals surface area contributed by atoms with E-state index >= 15 is 0 Å². The Bertz CT molecular complexity index is 470. The molecule has 0 heterocycles. The minimum Gasteiger partial charge on any atom is -0.359 e. The van der Waals surface area contributed by atoms with E-state index in [1.54, 1.807) is 27.0 Å². The number of amides is 2. The number of carbonyl (C=O) groups excluding carboxylic acids is 2. The number of hydrogen-bond acceptors (Lipinski definition) is 3. The molecule has 1 aromatic carbocycles. The molecular formula is C14H21N3O2. The van der Waals surface area contributed by atoms with E-state index in [-0.39, 0.29) is 24.8 Å². The minimum absolute atomic E-state index is 0.0974. The lowest BCUT2D eigenvalue weighted by molar-refractivity contribution is -0.123. The molecule has 19 heavy (non-hydrogen) atoms. The lowest BCUT2D eigenvalue weighted by Gasteiger charge is -2.22. The molecule has 4 N–H and O–H groups in total. The standard InChI is InChI=1S/C14H21N3O2/c1-14(2,9-15)13(19)17-11-7-5-4-6-10(11)8-12(18)16-3/h4-7H,8-9,15H2,1-3H3,(H,16,18)(H,17,19). The number of para-hydroxylation sites is 1. The van der Waals surface area contributed by atoms with E-state index in [9.17, 15) is 9.59 Å². The van der Waals surface area contributed by atoms with E-state index in [0.717, 1.165) is 5.56 Å². The summed E-state index contributed by atoms with van der Waals surface area (Å²) in [6.45, 7) is 3.82. The van der Waals surface area contributed by atoms with Crippen molar-refractivity contribution in [2.75, 3.05) is 18.9 Å². The molecule has 0 unspecified atom stereocenters. The highest BCUT2D eigenvalue weighted by Gasteiger charge is 2.26. The van der Waals surface area contributed by atoms with Gasteiger partial charge in [-0.1, -0.05) is 18.2 Å². The van der Waals surface area contributed by atoms with Crippen LogP contribution in [0, 0.1) is 5.41 Å². The molecule has 0 atom stereocenters. The number of nitrogens with one attached hydrogen (secondary N) is 2. The predicted octanol–water partition coefficient (Wildman–Crippen LogP) is 0.898. The van der Waals surface area contributed by atoms with E-state index in [4.69, 9.17) is 5.73 Å². The van der Waals surface area contributed by atoms with Crippen molar-refractivity contribution in [3.63, 3.8) is 0 Å². The molecule has 1 rings (SSSR count). The summed E-state index contributed by atoms with van der Waals surface area (Å²) in [5, 5.41) is 5.40. The number of nitrogens with two attached hydrogens (primary N) is 1. The van der Waals surface area contributed by atoms with Crippen molar-refractivity contribution in [3.05, 3.63) is 29.8 Å². The van der Waals surface area contributed by atoms with Crippen molar-refractivity contribution in [2.24, 2.45) is 11.1 Å². The maximum absolute atomic E-state index is 12.1. The fourth-order valence-corrected chi connectivity index (χ4v) is 1.44. The second-order valence-corrected chi connectivity index (χ2v) is 5.05. The number of carbonyl (C=O) groups is 2. The lowest BCUT2D eigenvalue weighted by atomic mass is 9.92. The maximum Gasteiger partial charge on any atom is 0.231 e. The van der Waals surface area contributed by atoms with Gasteiger partial charge in [0.15, 0.2) is 0 Å². The smallest absolute Gasteiger partial charge is 0.231 e. The Labute approximate surface area is 113 Å². The van der Waals surface area contributed by atoms with Gasteiger partial charge in [-0.2, -0.15) is 0 Å². The molecule has 104 valence electrons. The van der Waals surface area contributed by atoms with Gasteiger partial charge >= 0.3 is 0 Å². The summed E-state index contributed by atoms with van der Waals surface area (Å²) in [6, 6.07) is 7.25. The fourth-order valence-electron chi connectivity index (χ4n) is 1.44. The van der Waals surface area contributed by atoms with Crippen LogP contribution in [0.15, 0.2) is 24.3 Å². The minimum atomic E-state index is -0.639. The molecule has 0 aromatic heterocycles. The average Bonchev–Trinajstić information content (AvgIpc) is 2.40. The zero-order valence-corrected chi connectivity index (χ0v) is 11.6. The van der Waals surface area contributed by atoms with Gasteiger partial charge in [0.1, 0.15) is 0 Å². The highest BCUT2D eigenvalue weighted by Crippen LogP contribution is 2.20. The normalized spacial score (nSPS) is 10.9. The van der Waals surface area contributed by atoms with Crippen LogP contribution in [-0.4, -0.2) is 25.4 Å². The van der Waals surface area contributed by atoms with Gasteiger partial charge in [-0.3, -0.25) is 9.59 Å². The average molecular weight is 263 g/mol. The molecule has 0 aliphatic rings. The van der Waals surface area contributed by atoms with E-state index in [2.05, 4.69) is 10.6 Å². The summed E-state index contributed by atoms with van der Waals surface area (Å²) in [4.78, 5) is 23.5. The number of likely N-dealkylation sites (N-methyl/N-ethyl adjacent to an activating group) is 1. The second kappa shape index (κ2) is 6.33. The Morgan fingerprint density at radius 1 is 1.26 bits per heavy atom. The Balaban J connectivity index is 2.89. The van der Waals surface area contributed by atoms with Crippen LogP contribution < -0.4 is 16.4 Å². The molecule has 0 fully saturated rings. The predicted molar refractivity (Wildman–Crippen MR) is 75.7 cm³/mol. The molecule has 5 nitrogen and oxygen atoms in total. The third-order valence-electron chi connectivity index (χ3n) is 3.02. The van der Waals surface area contributed by atoms with Crippen LogP contribution in [0.25, 0.3) is 0 Å². The summed E-state index contributed by atoms with van der Waals surface area (Å²) in [7, 11) is 1.58. The molecule has 0 aliphatic carbocycles. The zero-order valence-electron chi connectivity index (χ0n) is 11.6. The summed E-state index contributed by atoms with van der Waals surface area (Å²) >= 11 is 0. The molecule has 2 amide bonds. The summed E-state index contributed by atoms with van der Waals surface area (Å²) in [5.41, 5.74) is 6.37. The molecule has 0 bridgehead atoms. The summed E-state index contributed by atoms with van der Waals surface area (Å²) < 4.78 is 0. The number of hydrogen-bond donors (Lipinski definition) is 3. The monoisotopic (exact) mass is 263 g/mol. The van der Waals surface area contributed by atoms with Gasteiger partial charge in [0, 0.05) is 19.3 Å². The molecule has 0 saturated heterocycles. The van der Waals surface area contributed by atoms with Crippen molar-refractivity contribution in [3.8, 4) is 0 Å². The number of benzene rings is 1. The van der Waals surface area contributed by atoms with Gasteiger partial charge in [-0.05, 0) is 25.5 Å². The molecule has 1 aromatic rings. The third-order valence-corrected chi connectivity index (χ3v) is 3.02. The molecule has 0 saturated carbocycles. The SMILES string of the molecule is CNC(=O)Cc1ccccc1NC(=O)C(C)(C)CN. The van der Waals surface area contributed by atoms with Gasteiger partial charge < -0.3 is 16.4 Å². The summed E-state index contributed by atoms with van der Waals surface area (Å²) in [6.07, 6.45) is 0.232. The van der Waals surface area contributed by atoms with Crippen molar-refractivity contribution in [1.29, 1.82) is 0 Å². The van der Waals surface area contributed by atoms with Crippen molar-refractivity contribution < 1.29 is 9.59 Å². The first-order valence-electron chi connectivity index (χ1n) is 6.20. The summed E-state index contributed by atoms with van der Waals surface area (Å²) in [5.74, 6) is -0.251. The largest absolute Gasteiger partial charge is 0.359 e. The fraction of sp³-hybridized carbons (Fsp3) is 0.429. The van der Waals surface area contributed by atoms with Crippen molar-refractivity contribution in [2.45, 2.75) is 20.3 Å². The highest BCUT2D eigenvalue weighted by molar-refractivity contribution is 5.96. The lowest BCUT2D eigenvalue weighted by Crippen LogP contribution is -2.37. The Morgan fingerprint density at radius 2 is 1.89 bits per heavy atom. The van der Waals surface area contributed by atoms with Gasteiger partial charge in [0.2, 0.25) is 11.8 Å². The molecule has 0 radical (unpaired) electrons. The topological polar surface area (TPSA) is 84.2 Å². The van der Waals surface area contributed by atoms with E-state index in [1.165, 1.54) is 0 Å². The maximum atomic E-state index is 12.1. The van der Waals surface area contributed by atoms with Crippen molar-refractivity contribution >= 4 is 17.5 Å². The van der Waals surface area contributed by atoms with E-state index in [0.29, 0.717) is 5.69 Å². The Morgan fingerprint density at radius 3 is 2.47 bits per heavy atom. The van der Waals surface area contributed by atoms with Crippen LogP contribution in [-0.2, 0) is 16.0 Å². The van der Waals surface area contributed by atoms with Crippen LogP contribution in [0.2, 0.25) is 0 Å². The van der Waals surface area contributed by atoms with Gasteiger partial charge in [0.25, 0.3) is 0 Å². The number of rotatable bonds is 5. The van der Waals surface area contributed by atoms with Crippen molar-refractivity contribution in [1.82, 2.24) is 5.32 Å². The van der Waals surface area contributed by atoms with Crippen LogP contribution in [0.3, 0.4) is 0 Å². The van der Waals surface area contributed by atoms with Crippen LogP contribution in [0.4, 0.5) is 5.69 Å². The van der Waals surface area contributed by atoms with E-state index < -0.39 is 5.41 Å². The van der Waals surface area contributed by atoms with Gasteiger partial charge in [-0.25, -0.2) is 0 Å². The van der Waals surface area contributed by atoms with Gasteiger partial charge in [-0.15, -0.1) is 0 Å². The van der Waals surface area contributed by atoms with E-state index in [1.807, 2.05) is 18.2 Å². The second-order valence-electron chi connectivity index (χ2n) is 5.05. The molecule has 0 spiro atoms. The zero-order chi connectivity index (χ0) is 14.5. The third kappa shape index (κ3) is 4.06. The highest BCUT2D eigenvalue weighted by atomic mass is 16.2. The Kier molecular flexibility index (Phi) is 5.06.